The summed E-state index contributed by atoms with van der Waals surface area (Å²) >= 11 is 0. The van der Waals surface area contributed by atoms with Gasteiger partial charge in [0.05, 0.1) is 6.04 Å². The number of aryl methyl sites for hydroxylation is 1. The van der Waals surface area contributed by atoms with Crippen molar-refractivity contribution in [3.63, 3.8) is 0 Å². The van der Waals surface area contributed by atoms with Crippen LogP contribution in [-0.2, 0) is 6.42 Å². The van der Waals surface area contributed by atoms with E-state index in [-0.39, 0.29) is 6.04 Å². The Morgan fingerprint density at radius 1 is 1.10 bits per heavy atom. The molecule has 21 heavy (non-hydrogen) atoms. The summed E-state index contributed by atoms with van der Waals surface area (Å²) in [5.74, 6) is 1.41. The molecule has 1 atom stereocenters. The molecule has 4 heteroatoms. The van der Waals surface area contributed by atoms with Crippen molar-refractivity contribution in [2.75, 3.05) is 0 Å². The van der Waals surface area contributed by atoms with Gasteiger partial charge in [-0.05, 0) is 25.0 Å². The predicted molar refractivity (Wildman–Crippen MR) is 83.6 cm³/mol. The molecule has 1 heterocycles. The molecule has 0 spiro atoms. The fraction of sp³-hybridized carbons (Fsp3) is 0.176. The van der Waals surface area contributed by atoms with Gasteiger partial charge in [0.2, 0.25) is 0 Å². The third kappa shape index (κ3) is 3.17. The van der Waals surface area contributed by atoms with E-state index in [9.17, 15) is 0 Å². The Morgan fingerprint density at radius 2 is 1.90 bits per heavy atom. The minimum absolute atomic E-state index is 0.182. The fourth-order valence-corrected chi connectivity index (χ4v) is 2.32. The highest BCUT2D eigenvalue weighted by molar-refractivity contribution is 5.55. The van der Waals surface area contributed by atoms with Crippen LogP contribution in [0.4, 0.5) is 0 Å². The van der Waals surface area contributed by atoms with E-state index in [1.807, 2.05) is 30.3 Å². The largest absolute Gasteiger partial charge is 0.321 e. The monoisotopic (exact) mass is 278 g/mol. The lowest BCUT2D eigenvalue weighted by Gasteiger charge is -2.07. The summed E-state index contributed by atoms with van der Waals surface area (Å²) in [7, 11) is 0. The molecule has 3 N–H and O–H groups in total. The van der Waals surface area contributed by atoms with Crippen molar-refractivity contribution in [3.8, 4) is 11.4 Å². The Bertz CT molecular complexity index is 718. The average Bonchev–Trinajstić information content (AvgIpc) is 2.98. The Balaban J connectivity index is 1.78. The Kier molecular flexibility index (Phi) is 3.79. The number of nitrogens with zero attached hydrogens (tertiary/aromatic N) is 2. The van der Waals surface area contributed by atoms with Gasteiger partial charge in [0.1, 0.15) is 5.82 Å². The van der Waals surface area contributed by atoms with E-state index < -0.39 is 0 Å². The quantitative estimate of drug-likeness (QED) is 0.771. The standard InChI is InChI=1S/C17H18N4/c1-12-6-5-9-14(10-12)16-19-17(21-20-16)15(18)11-13-7-3-2-4-8-13/h2-10,15H,11,18H2,1H3,(H,19,20,21). The highest BCUT2D eigenvalue weighted by atomic mass is 15.2. The smallest absolute Gasteiger partial charge is 0.181 e. The molecule has 2 aromatic carbocycles. The minimum Gasteiger partial charge on any atom is -0.321 e. The molecule has 0 aliphatic rings. The SMILES string of the molecule is Cc1cccc(-c2n[nH]c(C(N)Cc3ccccc3)n2)c1. The van der Waals surface area contributed by atoms with Gasteiger partial charge >= 0.3 is 0 Å². The first-order valence-corrected chi connectivity index (χ1v) is 7.01. The third-order valence-corrected chi connectivity index (χ3v) is 3.43. The van der Waals surface area contributed by atoms with E-state index >= 15 is 0 Å². The van der Waals surface area contributed by atoms with Gasteiger partial charge in [0.25, 0.3) is 0 Å². The summed E-state index contributed by atoms with van der Waals surface area (Å²) in [5, 5.41) is 7.23. The fourth-order valence-electron chi connectivity index (χ4n) is 2.32. The van der Waals surface area contributed by atoms with Crippen molar-refractivity contribution in [2.24, 2.45) is 5.73 Å². The van der Waals surface area contributed by atoms with E-state index in [4.69, 9.17) is 5.73 Å². The minimum atomic E-state index is -0.182. The Hall–Kier alpha value is -2.46. The molecule has 4 nitrogen and oxygen atoms in total. The molecule has 0 bridgehead atoms. The second-order valence-electron chi connectivity index (χ2n) is 5.21. The molecule has 3 aromatic rings. The number of hydrogen-bond donors (Lipinski definition) is 2. The lowest BCUT2D eigenvalue weighted by Crippen LogP contribution is -2.15. The first-order chi connectivity index (χ1) is 10.2. The number of aromatic nitrogens is 3. The van der Waals surface area contributed by atoms with E-state index in [0.717, 1.165) is 17.8 Å². The first-order valence-electron chi connectivity index (χ1n) is 7.01. The molecule has 0 amide bonds. The van der Waals surface area contributed by atoms with Gasteiger partial charge < -0.3 is 5.73 Å². The molecular weight excluding hydrogens is 260 g/mol. The van der Waals surface area contributed by atoms with Crippen LogP contribution in [-0.4, -0.2) is 15.2 Å². The van der Waals surface area contributed by atoms with E-state index in [1.165, 1.54) is 11.1 Å². The molecule has 0 fully saturated rings. The maximum atomic E-state index is 6.21. The van der Waals surface area contributed by atoms with Crippen molar-refractivity contribution < 1.29 is 0 Å². The molecule has 1 aromatic heterocycles. The second kappa shape index (κ2) is 5.89. The van der Waals surface area contributed by atoms with Crippen LogP contribution in [0.15, 0.2) is 54.6 Å². The van der Waals surface area contributed by atoms with Crippen LogP contribution < -0.4 is 5.73 Å². The van der Waals surface area contributed by atoms with E-state index in [2.05, 4.69) is 46.4 Å². The van der Waals surface area contributed by atoms with Crippen molar-refractivity contribution in [3.05, 3.63) is 71.5 Å². The molecule has 0 saturated carbocycles. The van der Waals surface area contributed by atoms with Crippen LogP contribution >= 0.6 is 0 Å². The van der Waals surface area contributed by atoms with Crippen LogP contribution in [0.3, 0.4) is 0 Å². The zero-order valence-electron chi connectivity index (χ0n) is 12.0. The zero-order chi connectivity index (χ0) is 14.7. The van der Waals surface area contributed by atoms with Crippen LogP contribution in [0.25, 0.3) is 11.4 Å². The number of aromatic amines is 1. The van der Waals surface area contributed by atoms with Crippen LogP contribution in [0.5, 0.6) is 0 Å². The predicted octanol–water partition coefficient (Wildman–Crippen LogP) is 3.02. The zero-order valence-corrected chi connectivity index (χ0v) is 12.0. The second-order valence-corrected chi connectivity index (χ2v) is 5.21. The lowest BCUT2D eigenvalue weighted by molar-refractivity contribution is 0.671. The maximum Gasteiger partial charge on any atom is 0.181 e. The summed E-state index contributed by atoms with van der Waals surface area (Å²) in [6, 6.07) is 18.1. The van der Waals surface area contributed by atoms with Crippen LogP contribution in [0.1, 0.15) is 23.0 Å². The number of H-pyrrole nitrogens is 1. The van der Waals surface area contributed by atoms with Gasteiger partial charge in [-0.15, -0.1) is 0 Å². The van der Waals surface area contributed by atoms with Crippen LogP contribution in [0.2, 0.25) is 0 Å². The van der Waals surface area contributed by atoms with Crippen molar-refractivity contribution in [1.29, 1.82) is 0 Å². The van der Waals surface area contributed by atoms with E-state index in [0.29, 0.717) is 5.82 Å². The highest BCUT2D eigenvalue weighted by Crippen LogP contribution is 2.19. The molecule has 106 valence electrons. The topological polar surface area (TPSA) is 67.6 Å². The van der Waals surface area contributed by atoms with Gasteiger partial charge in [-0.3, -0.25) is 5.10 Å². The molecule has 3 rings (SSSR count). The number of rotatable bonds is 4. The maximum absolute atomic E-state index is 6.21. The Labute approximate surface area is 124 Å². The summed E-state index contributed by atoms with van der Waals surface area (Å²) in [4.78, 5) is 4.53. The summed E-state index contributed by atoms with van der Waals surface area (Å²) < 4.78 is 0. The van der Waals surface area contributed by atoms with Gasteiger partial charge in [-0.25, -0.2) is 4.98 Å². The van der Waals surface area contributed by atoms with E-state index in [1.54, 1.807) is 0 Å². The van der Waals surface area contributed by atoms with Crippen molar-refractivity contribution in [2.45, 2.75) is 19.4 Å². The number of benzene rings is 2. The molecular formula is C17H18N4. The molecule has 0 aliphatic carbocycles. The number of nitrogens with two attached hydrogens (primary N) is 1. The number of hydrogen-bond acceptors (Lipinski definition) is 3. The van der Waals surface area contributed by atoms with Crippen molar-refractivity contribution in [1.82, 2.24) is 15.2 Å². The van der Waals surface area contributed by atoms with Gasteiger partial charge in [-0.1, -0.05) is 54.1 Å². The number of nitrogens with one attached hydrogen (secondary N) is 1. The molecule has 0 aliphatic heterocycles. The van der Waals surface area contributed by atoms with Crippen LogP contribution in [0, 0.1) is 6.92 Å². The third-order valence-electron chi connectivity index (χ3n) is 3.43. The molecule has 0 saturated heterocycles. The van der Waals surface area contributed by atoms with Gasteiger partial charge in [0, 0.05) is 5.56 Å². The van der Waals surface area contributed by atoms with Crippen molar-refractivity contribution >= 4 is 0 Å². The van der Waals surface area contributed by atoms with Gasteiger partial charge in [0.15, 0.2) is 5.82 Å². The normalized spacial score (nSPS) is 12.3. The Morgan fingerprint density at radius 3 is 2.67 bits per heavy atom. The van der Waals surface area contributed by atoms with Gasteiger partial charge in [-0.2, -0.15) is 5.10 Å². The summed E-state index contributed by atoms with van der Waals surface area (Å²) in [6.07, 6.45) is 0.739. The molecule has 1 unspecified atom stereocenters. The average molecular weight is 278 g/mol. The first kappa shape index (κ1) is 13.5. The summed E-state index contributed by atoms with van der Waals surface area (Å²) in [6.45, 7) is 2.05. The molecule has 0 radical (unpaired) electrons. The lowest BCUT2D eigenvalue weighted by atomic mass is 10.1. The summed E-state index contributed by atoms with van der Waals surface area (Å²) in [5.41, 5.74) is 9.60. The highest BCUT2D eigenvalue weighted by Gasteiger charge is 2.13.